The molecule has 3 heterocycles. The van der Waals surface area contributed by atoms with Crippen LogP contribution in [-0.2, 0) is 17.6 Å². The zero-order valence-corrected chi connectivity index (χ0v) is 16.1. The minimum atomic E-state index is -0.392. The molecule has 1 fully saturated rings. The van der Waals surface area contributed by atoms with E-state index in [1.165, 1.54) is 5.56 Å². The molecule has 1 aromatic rings. The van der Waals surface area contributed by atoms with Crippen molar-refractivity contribution in [1.29, 1.82) is 0 Å². The van der Waals surface area contributed by atoms with Crippen LogP contribution in [0.3, 0.4) is 0 Å². The van der Waals surface area contributed by atoms with Crippen molar-refractivity contribution < 1.29 is 9.84 Å². The minimum Gasteiger partial charge on any atom is -0.390 e. The maximum Gasteiger partial charge on any atom is 0.224 e. The van der Waals surface area contributed by atoms with E-state index < -0.39 is 6.10 Å². The number of aromatic nitrogens is 2. The molecule has 0 amide bonds. The molecule has 8 heteroatoms. The third-order valence-corrected chi connectivity index (χ3v) is 5.14. The maximum atomic E-state index is 10.5. The third-order valence-electron chi connectivity index (χ3n) is 5.14. The van der Waals surface area contributed by atoms with Gasteiger partial charge in [0.15, 0.2) is 0 Å². The molecule has 26 heavy (non-hydrogen) atoms. The van der Waals surface area contributed by atoms with Gasteiger partial charge in [-0.3, -0.25) is 4.90 Å². The number of aliphatic hydroxyl groups excluding tert-OH is 1. The Morgan fingerprint density at radius 1 is 1.27 bits per heavy atom. The highest BCUT2D eigenvalue weighted by molar-refractivity contribution is 5.52. The highest BCUT2D eigenvalue weighted by Crippen LogP contribution is 2.24. The number of likely N-dealkylation sites (tertiary alicyclic amines) is 1. The van der Waals surface area contributed by atoms with Crippen LogP contribution in [0, 0.1) is 0 Å². The second kappa shape index (κ2) is 8.94. The van der Waals surface area contributed by atoms with Crippen LogP contribution in [0.5, 0.6) is 0 Å². The SMILES string of the molecule is COCCNc1nc2c(c(N[C@H]3CN(C(C)C)C[C@@H]3O)n1)CCNCC2. The zero-order valence-electron chi connectivity index (χ0n) is 16.1. The molecule has 1 aromatic heterocycles. The Morgan fingerprint density at radius 2 is 2.08 bits per heavy atom. The number of hydrogen-bond acceptors (Lipinski definition) is 8. The Balaban J connectivity index is 1.80. The van der Waals surface area contributed by atoms with E-state index in [2.05, 4.69) is 34.7 Å². The average Bonchev–Trinajstić information content (AvgIpc) is 2.82. The molecule has 0 bridgehead atoms. The molecule has 4 N–H and O–H groups in total. The number of aliphatic hydroxyl groups is 1. The smallest absolute Gasteiger partial charge is 0.224 e. The van der Waals surface area contributed by atoms with E-state index in [0.717, 1.165) is 44.0 Å². The first-order chi connectivity index (χ1) is 12.6. The summed E-state index contributed by atoms with van der Waals surface area (Å²) < 4.78 is 5.10. The molecule has 146 valence electrons. The molecule has 2 aliphatic heterocycles. The number of methoxy groups -OCH3 is 1. The molecular weight excluding hydrogens is 332 g/mol. The Morgan fingerprint density at radius 3 is 2.81 bits per heavy atom. The summed E-state index contributed by atoms with van der Waals surface area (Å²) in [6.07, 6.45) is 1.39. The molecule has 1 saturated heterocycles. The first-order valence-corrected chi connectivity index (χ1v) is 9.60. The molecule has 2 aliphatic rings. The van der Waals surface area contributed by atoms with Gasteiger partial charge >= 0.3 is 0 Å². The van der Waals surface area contributed by atoms with Crippen molar-refractivity contribution in [3.05, 3.63) is 11.3 Å². The van der Waals surface area contributed by atoms with Crippen LogP contribution in [0.25, 0.3) is 0 Å². The van der Waals surface area contributed by atoms with Crippen molar-refractivity contribution >= 4 is 11.8 Å². The predicted octanol–water partition coefficient (Wildman–Crippen LogP) is 0.0885. The molecule has 2 atom stereocenters. The second-order valence-corrected chi connectivity index (χ2v) is 7.36. The zero-order chi connectivity index (χ0) is 18.5. The first kappa shape index (κ1) is 19.3. The van der Waals surface area contributed by atoms with Gasteiger partial charge in [0.1, 0.15) is 5.82 Å². The predicted molar refractivity (Wildman–Crippen MR) is 103 cm³/mol. The molecule has 0 spiro atoms. The highest BCUT2D eigenvalue weighted by atomic mass is 16.5. The molecule has 0 saturated carbocycles. The van der Waals surface area contributed by atoms with E-state index in [-0.39, 0.29) is 6.04 Å². The standard InChI is InChI=1S/C18H32N6O2/c1-12(2)24-10-15(16(25)11-24)21-17-13-4-6-19-7-5-14(13)22-18(23-17)20-8-9-26-3/h12,15-16,19,25H,4-11H2,1-3H3,(H2,20,21,22,23)/t15-,16-/m0/s1. The second-order valence-electron chi connectivity index (χ2n) is 7.36. The first-order valence-electron chi connectivity index (χ1n) is 9.60. The van der Waals surface area contributed by atoms with Gasteiger partial charge in [-0.05, 0) is 26.8 Å². The number of ether oxygens (including phenoxy) is 1. The van der Waals surface area contributed by atoms with Gasteiger partial charge in [0.2, 0.25) is 5.95 Å². The van der Waals surface area contributed by atoms with Crippen molar-refractivity contribution in [3.63, 3.8) is 0 Å². The Bertz CT molecular complexity index is 597. The largest absolute Gasteiger partial charge is 0.390 e. The quantitative estimate of drug-likeness (QED) is 0.506. The van der Waals surface area contributed by atoms with Crippen molar-refractivity contribution in [2.45, 2.75) is 44.9 Å². The van der Waals surface area contributed by atoms with Crippen molar-refractivity contribution in [1.82, 2.24) is 20.2 Å². The van der Waals surface area contributed by atoms with Crippen molar-refractivity contribution in [3.8, 4) is 0 Å². The number of nitrogens with one attached hydrogen (secondary N) is 3. The lowest BCUT2D eigenvalue weighted by Crippen LogP contribution is -2.34. The van der Waals surface area contributed by atoms with E-state index in [0.29, 0.717) is 31.7 Å². The van der Waals surface area contributed by atoms with Crippen LogP contribution in [-0.4, -0.2) is 84.6 Å². The Labute approximate surface area is 155 Å². The lowest BCUT2D eigenvalue weighted by atomic mass is 10.1. The van der Waals surface area contributed by atoms with E-state index in [1.807, 2.05) is 0 Å². The normalized spacial score (nSPS) is 23.7. The summed E-state index contributed by atoms with van der Waals surface area (Å²) in [6, 6.07) is 0.411. The fourth-order valence-electron chi connectivity index (χ4n) is 3.56. The minimum absolute atomic E-state index is 0.0144. The van der Waals surface area contributed by atoms with Crippen molar-refractivity contribution in [2.75, 3.05) is 57.1 Å². The summed E-state index contributed by atoms with van der Waals surface area (Å²) >= 11 is 0. The Kier molecular flexibility index (Phi) is 6.63. The molecule has 3 rings (SSSR count). The fourth-order valence-corrected chi connectivity index (χ4v) is 3.56. The van der Waals surface area contributed by atoms with Crippen LogP contribution < -0.4 is 16.0 Å². The molecule has 0 unspecified atom stereocenters. The van der Waals surface area contributed by atoms with Gasteiger partial charge in [-0.2, -0.15) is 4.98 Å². The summed E-state index contributed by atoms with van der Waals surface area (Å²) in [5, 5.41) is 20.7. The van der Waals surface area contributed by atoms with Gasteiger partial charge in [0.25, 0.3) is 0 Å². The van der Waals surface area contributed by atoms with E-state index in [9.17, 15) is 5.11 Å². The van der Waals surface area contributed by atoms with E-state index in [4.69, 9.17) is 14.7 Å². The molecule has 0 aromatic carbocycles. The Hall–Kier alpha value is -1.48. The van der Waals surface area contributed by atoms with Gasteiger partial charge in [-0.25, -0.2) is 4.98 Å². The van der Waals surface area contributed by atoms with Crippen LogP contribution in [0.4, 0.5) is 11.8 Å². The summed E-state index contributed by atoms with van der Waals surface area (Å²) in [4.78, 5) is 11.7. The van der Waals surface area contributed by atoms with Gasteiger partial charge in [-0.1, -0.05) is 0 Å². The van der Waals surface area contributed by atoms with Crippen LogP contribution in [0.1, 0.15) is 25.1 Å². The summed E-state index contributed by atoms with van der Waals surface area (Å²) in [6.45, 7) is 8.96. The number of β-amino-alcohol motifs (C(OH)–C–C–N with tert-alkyl or cyclic N) is 1. The molecule has 8 nitrogen and oxygen atoms in total. The third kappa shape index (κ3) is 4.62. The van der Waals surface area contributed by atoms with Crippen LogP contribution >= 0.6 is 0 Å². The van der Waals surface area contributed by atoms with E-state index >= 15 is 0 Å². The van der Waals surface area contributed by atoms with Gasteiger partial charge in [0.05, 0.1) is 24.4 Å². The van der Waals surface area contributed by atoms with Gasteiger partial charge in [0, 0.05) is 51.3 Å². The van der Waals surface area contributed by atoms with Crippen LogP contribution in [0.15, 0.2) is 0 Å². The fraction of sp³-hybridized carbons (Fsp3) is 0.778. The number of anilines is 2. The summed E-state index contributed by atoms with van der Waals surface area (Å²) in [5.41, 5.74) is 2.25. The maximum absolute atomic E-state index is 10.5. The highest BCUT2D eigenvalue weighted by Gasteiger charge is 2.33. The summed E-state index contributed by atoms with van der Waals surface area (Å²) in [7, 11) is 1.68. The monoisotopic (exact) mass is 364 g/mol. The molecular formula is C18H32N6O2. The van der Waals surface area contributed by atoms with Gasteiger partial charge in [-0.15, -0.1) is 0 Å². The number of fused-ring (bicyclic) bond motifs is 1. The summed E-state index contributed by atoms with van der Waals surface area (Å²) in [5.74, 6) is 1.48. The average molecular weight is 364 g/mol. The van der Waals surface area contributed by atoms with Crippen molar-refractivity contribution in [2.24, 2.45) is 0 Å². The number of hydrogen-bond donors (Lipinski definition) is 4. The molecule has 0 aliphatic carbocycles. The lowest BCUT2D eigenvalue weighted by Gasteiger charge is -2.22. The topological polar surface area (TPSA) is 94.6 Å². The number of nitrogens with zero attached hydrogens (tertiary/aromatic N) is 3. The lowest BCUT2D eigenvalue weighted by molar-refractivity contribution is 0.161. The molecule has 0 radical (unpaired) electrons. The van der Waals surface area contributed by atoms with E-state index in [1.54, 1.807) is 7.11 Å². The number of rotatable bonds is 7. The van der Waals surface area contributed by atoms with Crippen LogP contribution in [0.2, 0.25) is 0 Å². The van der Waals surface area contributed by atoms with Gasteiger partial charge < -0.3 is 25.8 Å².